The first-order valence-electron chi connectivity index (χ1n) is 11.5. The first-order chi connectivity index (χ1) is 17.9. The van der Waals surface area contributed by atoms with E-state index in [0.717, 1.165) is 16.6 Å². The predicted octanol–water partition coefficient (Wildman–Crippen LogP) is 3.36. The Morgan fingerprint density at radius 2 is 1.62 bits per heavy atom. The number of aliphatic carboxylic acids is 1. The van der Waals surface area contributed by atoms with Gasteiger partial charge in [-0.1, -0.05) is 66.7 Å². The first-order valence-corrected chi connectivity index (χ1v) is 13.3. The fourth-order valence-corrected chi connectivity index (χ4v) is 6.28. The number of benzene rings is 2. The molecule has 0 aliphatic carbocycles. The van der Waals surface area contributed by atoms with Gasteiger partial charge in [0, 0.05) is 4.88 Å². The SMILES string of the molecule is O=C(Cc1cccs1)NC1C(=O)N2C(C(=O)OC(c3ccccc3)c3ccccc3)C(C(=O)O)=CS[C@@H]12. The van der Waals surface area contributed by atoms with Crippen molar-refractivity contribution in [3.8, 4) is 0 Å². The van der Waals surface area contributed by atoms with Crippen molar-refractivity contribution in [2.45, 2.75) is 30.0 Å². The monoisotopic (exact) mass is 534 g/mol. The molecule has 2 aromatic carbocycles. The minimum atomic E-state index is -1.43. The molecule has 3 atom stereocenters. The summed E-state index contributed by atoms with van der Waals surface area (Å²) in [4.78, 5) is 53.2. The average molecular weight is 535 g/mol. The molecular weight excluding hydrogens is 512 g/mol. The van der Waals surface area contributed by atoms with Crippen LogP contribution in [0.5, 0.6) is 0 Å². The predicted molar refractivity (Wildman–Crippen MR) is 139 cm³/mol. The molecule has 0 spiro atoms. The standard InChI is InChI=1S/C27H22N2O6S2/c30-20(14-18-12-7-13-36-18)28-21-24(31)29-22(19(26(32)33)15-37-25(21)29)27(34)35-23(16-8-3-1-4-9-16)17-10-5-2-6-11-17/h1-13,15,21-23,25H,14H2,(H,28,30)(H,32,33)/t21?,22?,25-/m0/s1. The van der Waals surface area contributed by atoms with Gasteiger partial charge >= 0.3 is 11.9 Å². The summed E-state index contributed by atoms with van der Waals surface area (Å²) in [5.74, 6) is -3.02. The second kappa shape index (κ2) is 10.6. The van der Waals surface area contributed by atoms with Crippen molar-refractivity contribution in [2.75, 3.05) is 0 Å². The Kier molecular flexibility index (Phi) is 7.11. The minimum Gasteiger partial charge on any atom is -0.478 e. The molecule has 37 heavy (non-hydrogen) atoms. The topological polar surface area (TPSA) is 113 Å². The van der Waals surface area contributed by atoms with Gasteiger partial charge in [0.15, 0.2) is 12.1 Å². The number of carbonyl (C=O) groups is 4. The number of fused-ring (bicyclic) bond motifs is 1. The lowest BCUT2D eigenvalue weighted by molar-refractivity contribution is -0.166. The molecule has 0 saturated carbocycles. The maximum atomic E-state index is 13.5. The lowest BCUT2D eigenvalue weighted by Crippen LogP contribution is -2.74. The van der Waals surface area contributed by atoms with Gasteiger partial charge in [0.1, 0.15) is 11.4 Å². The van der Waals surface area contributed by atoms with Crippen LogP contribution < -0.4 is 5.32 Å². The van der Waals surface area contributed by atoms with Gasteiger partial charge in [-0.15, -0.1) is 23.1 Å². The van der Waals surface area contributed by atoms with Crippen LogP contribution in [0, 0.1) is 0 Å². The number of carboxylic acid groups (broad SMARTS) is 1. The van der Waals surface area contributed by atoms with Crippen LogP contribution in [0.25, 0.3) is 0 Å². The number of nitrogens with one attached hydrogen (secondary N) is 1. The summed E-state index contributed by atoms with van der Waals surface area (Å²) in [5, 5.41) is 15.1. The zero-order valence-electron chi connectivity index (χ0n) is 19.4. The Labute approximate surface area is 220 Å². The van der Waals surface area contributed by atoms with Gasteiger partial charge in [-0.05, 0) is 28.0 Å². The smallest absolute Gasteiger partial charge is 0.334 e. The number of thiophene rings is 1. The van der Waals surface area contributed by atoms with Crippen LogP contribution in [0.15, 0.2) is 89.2 Å². The van der Waals surface area contributed by atoms with Crippen molar-refractivity contribution >= 4 is 46.9 Å². The molecule has 1 fully saturated rings. The lowest BCUT2D eigenvalue weighted by atomic mass is 9.97. The molecule has 3 aromatic rings. The summed E-state index contributed by atoms with van der Waals surface area (Å²) in [7, 11) is 0. The van der Waals surface area contributed by atoms with Crippen LogP contribution in [-0.2, 0) is 30.3 Å². The molecule has 10 heteroatoms. The molecule has 2 aliphatic heterocycles. The fraction of sp³-hybridized carbons (Fsp3) is 0.185. The molecular formula is C27H22N2O6S2. The molecule has 3 heterocycles. The third-order valence-corrected chi connectivity index (χ3v) is 8.17. The van der Waals surface area contributed by atoms with E-state index < -0.39 is 41.4 Å². The molecule has 2 aliphatic rings. The van der Waals surface area contributed by atoms with E-state index in [2.05, 4.69) is 5.32 Å². The van der Waals surface area contributed by atoms with Gasteiger partial charge in [0.25, 0.3) is 0 Å². The summed E-state index contributed by atoms with van der Waals surface area (Å²) in [6.45, 7) is 0. The van der Waals surface area contributed by atoms with Crippen molar-refractivity contribution in [2.24, 2.45) is 0 Å². The van der Waals surface area contributed by atoms with E-state index in [0.29, 0.717) is 11.1 Å². The molecule has 2 amide bonds. The number of carboxylic acids is 1. The Morgan fingerprint density at radius 1 is 0.973 bits per heavy atom. The highest BCUT2D eigenvalue weighted by Crippen LogP contribution is 2.41. The van der Waals surface area contributed by atoms with Crippen molar-refractivity contribution in [3.63, 3.8) is 0 Å². The number of amides is 2. The number of rotatable bonds is 8. The maximum Gasteiger partial charge on any atom is 0.334 e. The molecule has 1 saturated heterocycles. The summed E-state index contributed by atoms with van der Waals surface area (Å²) >= 11 is 2.53. The van der Waals surface area contributed by atoms with Crippen molar-refractivity contribution in [3.05, 3.63) is 105 Å². The maximum absolute atomic E-state index is 13.5. The van der Waals surface area contributed by atoms with Gasteiger partial charge in [0.05, 0.1) is 12.0 Å². The molecule has 8 nitrogen and oxygen atoms in total. The Balaban J connectivity index is 1.38. The van der Waals surface area contributed by atoms with Crippen LogP contribution in [0.1, 0.15) is 22.1 Å². The molecule has 0 bridgehead atoms. The molecule has 5 rings (SSSR count). The van der Waals surface area contributed by atoms with Crippen LogP contribution in [-0.4, -0.2) is 51.2 Å². The van der Waals surface area contributed by atoms with E-state index in [-0.39, 0.29) is 17.9 Å². The summed E-state index contributed by atoms with van der Waals surface area (Å²) < 4.78 is 5.90. The third kappa shape index (κ3) is 5.03. The van der Waals surface area contributed by atoms with Crippen LogP contribution >= 0.6 is 23.1 Å². The van der Waals surface area contributed by atoms with Crippen molar-refractivity contribution in [1.29, 1.82) is 0 Å². The van der Waals surface area contributed by atoms with Gasteiger partial charge in [-0.2, -0.15) is 0 Å². The Morgan fingerprint density at radius 3 is 2.19 bits per heavy atom. The van der Waals surface area contributed by atoms with E-state index in [1.54, 1.807) is 0 Å². The first kappa shape index (κ1) is 24.8. The van der Waals surface area contributed by atoms with E-state index in [4.69, 9.17) is 4.74 Å². The highest BCUT2D eigenvalue weighted by atomic mass is 32.2. The summed E-state index contributed by atoms with van der Waals surface area (Å²) in [6.07, 6.45) is -0.660. The number of carbonyl (C=O) groups excluding carboxylic acids is 3. The Hall–Kier alpha value is -3.89. The van der Waals surface area contributed by atoms with Gasteiger partial charge in [-0.25, -0.2) is 9.59 Å². The average Bonchev–Trinajstić information content (AvgIpc) is 3.43. The quantitative estimate of drug-likeness (QED) is 0.337. The van der Waals surface area contributed by atoms with Crippen LogP contribution in [0.4, 0.5) is 0 Å². The zero-order valence-corrected chi connectivity index (χ0v) is 21.0. The highest BCUT2D eigenvalue weighted by Gasteiger charge is 2.57. The van der Waals surface area contributed by atoms with Crippen molar-refractivity contribution in [1.82, 2.24) is 10.2 Å². The van der Waals surface area contributed by atoms with E-state index >= 15 is 0 Å². The minimum absolute atomic E-state index is 0.135. The van der Waals surface area contributed by atoms with Crippen LogP contribution in [0.2, 0.25) is 0 Å². The molecule has 0 radical (unpaired) electrons. The number of nitrogens with zero attached hydrogens (tertiary/aromatic N) is 1. The molecule has 1 aromatic heterocycles. The number of esters is 1. The molecule has 2 N–H and O–H groups in total. The number of thioether (sulfide) groups is 1. The van der Waals surface area contributed by atoms with E-state index in [1.807, 2.05) is 78.2 Å². The largest absolute Gasteiger partial charge is 0.478 e. The van der Waals surface area contributed by atoms with Crippen LogP contribution in [0.3, 0.4) is 0 Å². The molecule has 2 unspecified atom stereocenters. The van der Waals surface area contributed by atoms with Gasteiger partial charge < -0.3 is 20.1 Å². The lowest BCUT2D eigenvalue weighted by Gasteiger charge is -2.51. The normalized spacial score (nSPS) is 20.5. The van der Waals surface area contributed by atoms with E-state index in [1.165, 1.54) is 21.6 Å². The second-order valence-corrected chi connectivity index (χ2v) is 10.5. The second-order valence-electron chi connectivity index (χ2n) is 8.49. The van der Waals surface area contributed by atoms with Gasteiger partial charge in [-0.3, -0.25) is 9.59 Å². The van der Waals surface area contributed by atoms with Gasteiger partial charge in [0.2, 0.25) is 11.8 Å². The number of hydrogen-bond acceptors (Lipinski definition) is 7. The highest BCUT2D eigenvalue weighted by molar-refractivity contribution is 8.03. The molecule has 188 valence electrons. The number of β-lactam (4-membered cyclic amide) rings is 1. The Bertz CT molecular complexity index is 1300. The fourth-order valence-electron chi connectivity index (χ4n) is 4.36. The number of hydrogen-bond donors (Lipinski definition) is 2. The van der Waals surface area contributed by atoms with E-state index in [9.17, 15) is 24.3 Å². The third-order valence-electron chi connectivity index (χ3n) is 6.13. The zero-order chi connectivity index (χ0) is 25.9. The summed E-state index contributed by atoms with van der Waals surface area (Å²) in [6, 6.07) is 19.6. The van der Waals surface area contributed by atoms with Crippen molar-refractivity contribution < 1.29 is 29.0 Å². The number of ether oxygens (including phenoxy) is 1. The summed E-state index contributed by atoms with van der Waals surface area (Å²) in [5.41, 5.74) is 1.17.